The number of ether oxygens (including phenoxy) is 2. The minimum atomic E-state index is -0.510. The molecule has 0 aromatic rings. The summed E-state index contributed by atoms with van der Waals surface area (Å²) < 4.78 is 11.3. The highest BCUT2D eigenvalue weighted by Gasteiger charge is 2.75. The van der Waals surface area contributed by atoms with Crippen LogP contribution in [-0.4, -0.2) is 23.1 Å². The minimum Gasteiger partial charge on any atom is -0.460 e. The van der Waals surface area contributed by atoms with Gasteiger partial charge in [0.25, 0.3) is 0 Å². The number of allylic oxidation sites excluding steroid dienone is 1. The van der Waals surface area contributed by atoms with Crippen LogP contribution in [0.2, 0.25) is 0 Å². The van der Waals surface area contributed by atoms with Gasteiger partial charge in [-0.15, -0.1) is 0 Å². The van der Waals surface area contributed by atoms with Crippen LogP contribution in [0, 0.1) is 23.2 Å². The summed E-state index contributed by atoms with van der Waals surface area (Å²) in [5.74, 6) is -0.778. The summed E-state index contributed by atoms with van der Waals surface area (Å²) in [7, 11) is 0. The van der Waals surface area contributed by atoms with Gasteiger partial charge in [0.15, 0.2) is 0 Å². The third kappa shape index (κ3) is 3.37. The number of carbonyl (C=O) groups is 2. The smallest absolute Gasteiger partial charge is 0.313 e. The monoisotopic (exact) mass is 348 g/mol. The Morgan fingerprint density at radius 3 is 2.16 bits per heavy atom. The Morgan fingerprint density at radius 1 is 0.960 bits per heavy atom. The van der Waals surface area contributed by atoms with Gasteiger partial charge in [0.1, 0.15) is 11.2 Å². The summed E-state index contributed by atoms with van der Waals surface area (Å²) in [6.45, 7) is 11.4. The van der Waals surface area contributed by atoms with Crippen LogP contribution in [0.1, 0.15) is 73.6 Å². The lowest BCUT2D eigenvalue weighted by atomic mass is 9.89. The molecule has 0 heterocycles. The Morgan fingerprint density at radius 2 is 1.56 bits per heavy atom. The van der Waals surface area contributed by atoms with E-state index in [4.69, 9.17) is 9.47 Å². The van der Waals surface area contributed by atoms with Gasteiger partial charge in [-0.25, -0.2) is 0 Å². The Labute approximate surface area is 151 Å². The summed E-state index contributed by atoms with van der Waals surface area (Å²) in [5, 5.41) is 0. The van der Waals surface area contributed by atoms with E-state index in [2.05, 4.69) is 6.08 Å². The Bertz CT molecular complexity index is 604. The Kier molecular flexibility index (Phi) is 4.32. The molecular weight excluding hydrogens is 316 g/mol. The van der Waals surface area contributed by atoms with E-state index in [0.717, 1.165) is 25.7 Å². The maximum atomic E-state index is 12.8. The molecule has 0 aromatic carbocycles. The molecule has 4 unspecified atom stereocenters. The van der Waals surface area contributed by atoms with E-state index in [9.17, 15) is 9.59 Å². The summed E-state index contributed by atoms with van der Waals surface area (Å²) in [4.78, 5) is 25.6. The molecule has 0 N–H and O–H groups in total. The summed E-state index contributed by atoms with van der Waals surface area (Å²) in [6, 6.07) is 0. The van der Waals surface area contributed by atoms with Gasteiger partial charge in [0, 0.05) is 5.41 Å². The first-order valence-electron chi connectivity index (χ1n) is 9.63. The summed E-state index contributed by atoms with van der Waals surface area (Å²) in [5.41, 5.74) is 0.159. The van der Waals surface area contributed by atoms with Crippen molar-refractivity contribution in [3.05, 3.63) is 11.6 Å². The van der Waals surface area contributed by atoms with Crippen molar-refractivity contribution < 1.29 is 19.1 Å². The van der Waals surface area contributed by atoms with Crippen LogP contribution in [-0.2, 0) is 19.1 Å². The van der Waals surface area contributed by atoms with Crippen LogP contribution in [0.15, 0.2) is 11.6 Å². The zero-order valence-electron chi connectivity index (χ0n) is 16.5. The van der Waals surface area contributed by atoms with Gasteiger partial charge in [-0.3, -0.25) is 9.59 Å². The molecule has 0 saturated heterocycles. The fraction of sp³-hybridized carbons (Fsp3) is 0.810. The summed E-state index contributed by atoms with van der Waals surface area (Å²) >= 11 is 0. The number of hydrogen-bond acceptors (Lipinski definition) is 4. The Balaban J connectivity index is 1.87. The standard InChI is InChI=1S/C21H32O4/c1-19(2,3)24-17(22)14-12-13-10-8-7-9-11-21(13)15(14)16(21)18(23)25-20(4,5)6/h12,14-16H,7-11H2,1-6H3. The van der Waals surface area contributed by atoms with Gasteiger partial charge in [0.05, 0.1) is 11.8 Å². The molecule has 0 aromatic heterocycles. The molecule has 0 amide bonds. The molecule has 4 atom stereocenters. The topological polar surface area (TPSA) is 52.6 Å². The molecule has 4 nitrogen and oxygen atoms in total. The molecule has 25 heavy (non-hydrogen) atoms. The molecular formula is C21H32O4. The third-order valence-electron chi connectivity index (χ3n) is 5.64. The lowest BCUT2D eigenvalue weighted by molar-refractivity contribution is -0.160. The van der Waals surface area contributed by atoms with Crippen LogP contribution in [0.3, 0.4) is 0 Å². The van der Waals surface area contributed by atoms with E-state index in [1.54, 1.807) is 0 Å². The van der Waals surface area contributed by atoms with Crippen LogP contribution in [0.5, 0.6) is 0 Å². The average molecular weight is 348 g/mol. The second-order valence-electron chi connectivity index (χ2n) is 9.89. The van der Waals surface area contributed by atoms with E-state index in [1.165, 1.54) is 12.0 Å². The first-order valence-corrected chi connectivity index (χ1v) is 9.63. The quantitative estimate of drug-likeness (QED) is 0.547. The van der Waals surface area contributed by atoms with E-state index in [0.29, 0.717) is 0 Å². The van der Waals surface area contributed by atoms with Gasteiger partial charge >= 0.3 is 11.9 Å². The maximum Gasteiger partial charge on any atom is 0.313 e. The first kappa shape index (κ1) is 18.5. The average Bonchev–Trinajstić information content (AvgIpc) is 3.05. The van der Waals surface area contributed by atoms with Gasteiger partial charge in [-0.05, 0) is 66.7 Å². The minimum absolute atomic E-state index is 0.0327. The molecule has 0 bridgehead atoms. The van der Waals surface area contributed by atoms with Gasteiger partial charge in [-0.2, -0.15) is 0 Å². The van der Waals surface area contributed by atoms with Gasteiger partial charge in [0.2, 0.25) is 0 Å². The van der Waals surface area contributed by atoms with Gasteiger partial charge in [-0.1, -0.05) is 24.5 Å². The number of carbonyl (C=O) groups excluding carboxylic acids is 2. The molecule has 1 spiro atoms. The highest BCUT2D eigenvalue weighted by molar-refractivity contribution is 5.86. The predicted octanol–water partition coefficient (Wildman–Crippen LogP) is 4.42. The molecule has 2 saturated carbocycles. The molecule has 3 aliphatic rings. The largest absolute Gasteiger partial charge is 0.460 e. The van der Waals surface area contributed by atoms with E-state index in [1.807, 2.05) is 41.5 Å². The van der Waals surface area contributed by atoms with Crippen LogP contribution >= 0.6 is 0 Å². The van der Waals surface area contributed by atoms with Crippen LogP contribution in [0.25, 0.3) is 0 Å². The molecule has 2 fully saturated rings. The Hall–Kier alpha value is -1.32. The fourth-order valence-corrected chi connectivity index (χ4v) is 4.90. The molecule has 0 radical (unpaired) electrons. The summed E-state index contributed by atoms with van der Waals surface area (Å²) in [6.07, 6.45) is 7.56. The second kappa shape index (κ2) is 5.85. The number of rotatable bonds is 2. The van der Waals surface area contributed by atoms with Crippen molar-refractivity contribution in [2.75, 3.05) is 0 Å². The van der Waals surface area contributed by atoms with E-state index in [-0.39, 0.29) is 35.1 Å². The van der Waals surface area contributed by atoms with Crippen molar-refractivity contribution in [3.8, 4) is 0 Å². The number of hydrogen-bond donors (Lipinski definition) is 0. The zero-order valence-corrected chi connectivity index (χ0v) is 16.5. The number of esters is 2. The predicted molar refractivity (Wildman–Crippen MR) is 95.8 cm³/mol. The van der Waals surface area contributed by atoms with Crippen molar-refractivity contribution >= 4 is 11.9 Å². The molecule has 4 heteroatoms. The molecule has 3 rings (SSSR count). The molecule has 3 aliphatic carbocycles. The van der Waals surface area contributed by atoms with Crippen molar-refractivity contribution in [1.82, 2.24) is 0 Å². The fourth-order valence-electron chi connectivity index (χ4n) is 4.90. The first-order chi connectivity index (χ1) is 11.5. The van der Waals surface area contributed by atoms with Crippen molar-refractivity contribution in [1.29, 1.82) is 0 Å². The van der Waals surface area contributed by atoms with Crippen molar-refractivity contribution in [3.63, 3.8) is 0 Å². The highest BCUT2D eigenvalue weighted by atomic mass is 16.6. The van der Waals surface area contributed by atoms with Gasteiger partial charge < -0.3 is 9.47 Å². The van der Waals surface area contributed by atoms with Crippen molar-refractivity contribution in [2.45, 2.75) is 84.8 Å². The van der Waals surface area contributed by atoms with Crippen LogP contribution < -0.4 is 0 Å². The lowest BCUT2D eigenvalue weighted by Gasteiger charge is -2.23. The second-order valence-corrected chi connectivity index (χ2v) is 9.89. The molecule has 140 valence electrons. The molecule has 0 aliphatic heterocycles. The SMILES string of the molecule is CC(C)(C)OC(=O)C1C=C2CCCCCC23C(C(=O)OC(C)(C)C)C13. The van der Waals surface area contributed by atoms with E-state index >= 15 is 0 Å². The maximum absolute atomic E-state index is 12.8. The normalized spacial score (nSPS) is 34.3. The van der Waals surface area contributed by atoms with E-state index < -0.39 is 11.2 Å². The highest BCUT2D eigenvalue weighted by Crippen LogP contribution is 2.74. The van der Waals surface area contributed by atoms with Crippen LogP contribution in [0.4, 0.5) is 0 Å². The third-order valence-corrected chi connectivity index (χ3v) is 5.64. The lowest BCUT2D eigenvalue weighted by Crippen LogP contribution is -2.30. The zero-order chi connectivity index (χ0) is 18.6. The van der Waals surface area contributed by atoms with Crippen molar-refractivity contribution in [2.24, 2.45) is 23.2 Å².